The minimum absolute atomic E-state index is 0.0141. The van der Waals surface area contributed by atoms with Gasteiger partial charge in [-0.1, -0.05) is 30.3 Å². The Morgan fingerprint density at radius 3 is 2.71 bits per heavy atom. The minimum atomic E-state index is -0.238. The van der Waals surface area contributed by atoms with Crippen molar-refractivity contribution in [1.82, 2.24) is 9.88 Å². The SMILES string of the molecule is Cc1nc(CN(C)C(C)C(=O)Nc2ccc3ccccc3c2)cs1. The van der Waals surface area contributed by atoms with E-state index in [9.17, 15) is 4.79 Å². The number of fused-ring (bicyclic) bond motifs is 1. The van der Waals surface area contributed by atoms with Crippen molar-refractivity contribution in [1.29, 1.82) is 0 Å². The molecule has 124 valence electrons. The van der Waals surface area contributed by atoms with Gasteiger partial charge in [-0.3, -0.25) is 9.69 Å². The van der Waals surface area contributed by atoms with Gasteiger partial charge in [-0.25, -0.2) is 4.98 Å². The Kier molecular flexibility index (Phi) is 4.92. The van der Waals surface area contributed by atoms with Crippen molar-refractivity contribution in [3.63, 3.8) is 0 Å². The zero-order valence-electron chi connectivity index (χ0n) is 14.1. The molecule has 0 bridgehead atoms. The molecular formula is C19H21N3OS. The average Bonchev–Trinajstić information content (AvgIpc) is 2.98. The number of hydrogen-bond acceptors (Lipinski definition) is 4. The number of carbonyl (C=O) groups excluding carboxylic acids is 1. The number of rotatable bonds is 5. The third kappa shape index (κ3) is 3.80. The van der Waals surface area contributed by atoms with E-state index in [2.05, 4.69) is 16.4 Å². The number of aryl methyl sites for hydroxylation is 1. The molecule has 0 aliphatic carbocycles. The van der Waals surface area contributed by atoms with E-state index in [-0.39, 0.29) is 11.9 Å². The number of carbonyl (C=O) groups is 1. The van der Waals surface area contributed by atoms with E-state index < -0.39 is 0 Å². The van der Waals surface area contributed by atoms with Crippen LogP contribution in [0.3, 0.4) is 0 Å². The Balaban J connectivity index is 1.66. The lowest BCUT2D eigenvalue weighted by Crippen LogP contribution is -2.39. The number of nitrogens with zero attached hydrogens (tertiary/aromatic N) is 2. The summed E-state index contributed by atoms with van der Waals surface area (Å²) in [5.41, 5.74) is 1.83. The summed E-state index contributed by atoms with van der Waals surface area (Å²) in [6.07, 6.45) is 0. The second kappa shape index (κ2) is 7.11. The van der Waals surface area contributed by atoms with E-state index in [4.69, 9.17) is 0 Å². The van der Waals surface area contributed by atoms with Crippen molar-refractivity contribution in [2.45, 2.75) is 26.4 Å². The van der Waals surface area contributed by atoms with Gasteiger partial charge in [0.25, 0.3) is 0 Å². The Morgan fingerprint density at radius 1 is 1.25 bits per heavy atom. The first-order chi connectivity index (χ1) is 11.5. The molecule has 0 aliphatic rings. The summed E-state index contributed by atoms with van der Waals surface area (Å²) >= 11 is 1.63. The van der Waals surface area contributed by atoms with Gasteiger partial charge < -0.3 is 5.32 Å². The number of nitrogens with one attached hydrogen (secondary N) is 1. The molecule has 5 heteroatoms. The van der Waals surface area contributed by atoms with E-state index in [1.807, 2.05) is 67.6 Å². The van der Waals surface area contributed by atoms with Crippen LogP contribution < -0.4 is 5.32 Å². The molecule has 0 saturated carbocycles. The van der Waals surface area contributed by atoms with Crippen molar-refractivity contribution >= 4 is 33.7 Å². The zero-order chi connectivity index (χ0) is 17.1. The van der Waals surface area contributed by atoms with Crippen LogP contribution in [0, 0.1) is 6.92 Å². The van der Waals surface area contributed by atoms with E-state index in [0.29, 0.717) is 6.54 Å². The predicted octanol–water partition coefficient (Wildman–Crippen LogP) is 4.06. The maximum atomic E-state index is 12.5. The normalized spacial score (nSPS) is 12.5. The van der Waals surface area contributed by atoms with Gasteiger partial charge in [0, 0.05) is 17.6 Å². The van der Waals surface area contributed by atoms with Crippen molar-refractivity contribution < 1.29 is 4.79 Å². The van der Waals surface area contributed by atoms with Gasteiger partial charge in [-0.15, -0.1) is 11.3 Å². The van der Waals surface area contributed by atoms with Gasteiger partial charge in [0.1, 0.15) is 0 Å². The molecule has 3 aromatic rings. The molecular weight excluding hydrogens is 318 g/mol. The molecule has 0 saturated heterocycles. The standard InChI is InChI=1S/C19H21N3OS/c1-13(22(3)11-18-12-24-14(2)20-18)19(23)21-17-9-8-15-6-4-5-7-16(15)10-17/h4-10,12-13H,11H2,1-3H3,(H,21,23). The quantitative estimate of drug-likeness (QED) is 0.762. The maximum absolute atomic E-state index is 12.5. The van der Waals surface area contributed by atoms with Crippen LogP contribution in [0.5, 0.6) is 0 Å². The van der Waals surface area contributed by atoms with Crippen LogP contribution in [0.1, 0.15) is 17.6 Å². The first-order valence-corrected chi connectivity index (χ1v) is 8.82. The van der Waals surface area contributed by atoms with Crippen LogP contribution in [0.2, 0.25) is 0 Å². The maximum Gasteiger partial charge on any atom is 0.241 e. The molecule has 0 radical (unpaired) electrons. The van der Waals surface area contributed by atoms with Gasteiger partial charge >= 0.3 is 0 Å². The predicted molar refractivity (Wildman–Crippen MR) is 100 cm³/mol. The molecule has 0 spiro atoms. The monoisotopic (exact) mass is 339 g/mol. The van der Waals surface area contributed by atoms with Crippen LogP contribution >= 0.6 is 11.3 Å². The summed E-state index contributed by atoms with van der Waals surface area (Å²) in [7, 11) is 1.94. The Labute approximate surface area is 146 Å². The van der Waals surface area contributed by atoms with Gasteiger partial charge in [0.2, 0.25) is 5.91 Å². The molecule has 0 aliphatic heterocycles. The van der Waals surface area contributed by atoms with Crippen LogP contribution in [-0.4, -0.2) is 28.9 Å². The number of aromatic nitrogens is 1. The molecule has 1 aromatic heterocycles. The number of anilines is 1. The molecule has 1 heterocycles. The molecule has 1 N–H and O–H groups in total. The highest BCUT2D eigenvalue weighted by atomic mass is 32.1. The van der Waals surface area contributed by atoms with E-state index in [1.54, 1.807) is 11.3 Å². The fourth-order valence-electron chi connectivity index (χ4n) is 2.59. The Hall–Kier alpha value is -2.24. The average molecular weight is 339 g/mol. The summed E-state index contributed by atoms with van der Waals surface area (Å²) in [5.74, 6) is -0.0141. The van der Waals surface area contributed by atoms with Crippen molar-refractivity contribution in [3.05, 3.63) is 58.5 Å². The topological polar surface area (TPSA) is 45.2 Å². The summed E-state index contributed by atoms with van der Waals surface area (Å²) in [6, 6.07) is 13.9. The second-order valence-corrected chi connectivity index (χ2v) is 7.06. The Morgan fingerprint density at radius 2 is 2.00 bits per heavy atom. The van der Waals surface area contributed by atoms with Crippen LogP contribution in [-0.2, 0) is 11.3 Å². The molecule has 4 nitrogen and oxygen atoms in total. The first kappa shape index (κ1) is 16.6. The van der Waals surface area contributed by atoms with Crippen molar-refractivity contribution in [3.8, 4) is 0 Å². The third-order valence-corrected chi connectivity index (χ3v) is 4.96. The number of thiazole rings is 1. The van der Waals surface area contributed by atoms with E-state index >= 15 is 0 Å². The first-order valence-electron chi connectivity index (χ1n) is 7.94. The second-order valence-electron chi connectivity index (χ2n) is 6.00. The largest absolute Gasteiger partial charge is 0.325 e. The highest BCUT2D eigenvalue weighted by molar-refractivity contribution is 7.09. The molecule has 0 fully saturated rings. The highest BCUT2D eigenvalue weighted by Gasteiger charge is 2.19. The third-order valence-electron chi connectivity index (χ3n) is 4.14. The fraction of sp³-hybridized carbons (Fsp3) is 0.263. The fourth-order valence-corrected chi connectivity index (χ4v) is 3.19. The number of likely N-dealkylation sites (N-methyl/N-ethyl adjacent to an activating group) is 1. The molecule has 3 rings (SSSR count). The summed E-state index contributed by atoms with van der Waals surface area (Å²) in [6.45, 7) is 4.57. The van der Waals surface area contributed by atoms with E-state index in [0.717, 1.165) is 21.8 Å². The van der Waals surface area contributed by atoms with Gasteiger partial charge in [0.15, 0.2) is 0 Å². The van der Waals surface area contributed by atoms with Crippen LogP contribution in [0.4, 0.5) is 5.69 Å². The number of hydrogen-bond donors (Lipinski definition) is 1. The zero-order valence-corrected chi connectivity index (χ0v) is 14.9. The summed E-state index contributed by atoms with van der Waals surface area (Å²) in [4.78, 5) is 19.0. The van der Waals surface area contributed by atoms with Gasteiger partial charge in [-0.2, -0.15) is 0 Å². The smallest absolute Gasteiger partial charge is 0.241 e. The van der Waals surface area contributed by atoms with Crippen LogP contribution in [0.25, 0.3) is 10.8 Å². The number of benzene rings is 2. The molecule has 1 atom stereocenters. The van der Waals surface area contributed by atoms with Crippen molar-refractivity contribution in [2.75, 3.05) is 12.4 Å². The minimum Gasteiger partial charge on any atom is -0.325 e. The van der Waals surface area contributed by atoms with Gasteiger partial charge in [0.05, 0.1) is 16.7 Å². The molecule has 2 aromatic carbocycles. The lowest BCUT2D eigenvalue weighted by atomic mass is 10.1. The molecule has 1 amide bonds. The van der Waals surface area contributed by atoms with Crippen molar-refractivity contribution in [2.24, 2.45) is 0 Å². The van der Waals surface area contributed by atoms with Crippen LogP contribution in [0.15, 0.2) is 47.8 Å². The molecule has 24 heavy (non-hydrogen) atoms. The lowest BCUT2D eigenvalue weighted by molar-refractivity contribution is -0.120. The van der Waals surface area contributed by atoms with E-state index in [1.165, 1.54) is 5.39 Å². The summed E-state index contributed by atoms with van der Waals surface area (Å²) in [5, 5.41) is 8.38. The Bertz CT molecular complexity index is 858. The molecule has 1 unspecified atom stereocenters. The van der Waals surface area contributed by atoms with Gasteiger partial charge in [-0.05, 0) is 43.8 Å². The summed E-state index contributed by atoms with van der Waals surface area (Å²) < 4.78 is 0. The highest BCUT2D eigenvalue weighted by Crippen LogP contribution is 2.19. The number of amides is 1. The lowest BCUT2D eigenvalue weighted by Gasteiger charge is -2.23.